The van der Waals surface area contributed by atoms with Crippen molar-refractivity contribution in [1.29, 1.82) is 0 Å². The Balaban J connectivity index is 1.54. The Hall–Kier alpha value is -3.04. The fraction of sp³-hybridized carbons (Fsp3) is 0.308. The molecule has 4 rings (SSSR count). The number of benzene rings is 2. The Kier molecular flexibility index (Phi) is 7.37. The highest BCUT2D eigenvalue weighted by atomic mass is 32.2. The molecular weight excluding hydrogens is 488 g/mol. The van der Waals surface area contributed by atoms with Crippen LogP contribution in [0.25, 0.3) is 0 Å². The van der Waals surface area contributed by atoms with Crippen molar-refractivity contribution in [2.24, 2.45) is 11.8 Å². The summed E-state index contributed by atoms with van der Waals surface area (Å²) in [6.45, 7) is 0. The fourth-order valence-electron chi connectivity index (χ4n) is 4.29. The van der Waals surface area contributed by atoms with Gasteiger partial charge in [0.15, 0.2) is 34.7 Å². The second-order valence-corrected chi connectivity index (χ2v) is 10.2. The van der Waals surface area contributed by atoms with Gasteiger partial charge in [0.1, 0.15) is 23.3 Å². The average Bonchev–Trinajstić information content (AvgIpc) is 3.24. The van der Waals surface area contributed by atoms with Gasteiger partial charge in [-0.1, -0.05) is 0 Å². The highest BCUT2D eigenvalue weighted by molar-refractivity contribution is 7.98. The van der Waals surface area contributed by atoms with Crippen LogP contribution < -0.4 is 4.74 Å². The van der Waals surface area contributed by atoms with E-state index in [4.69, 9.17) is 4.74 Å². The third-order valence-electron chi connectivity index (χ3n) is 6.08. The summed E-state index contributed by atoms with van der Waals surface area (Å²) in [6, 6.07) is 8.74. The van der Waals surface area contributed by atoms with Crippen LogP contribution in [0.1, 0.15) is 54.3 Å². The van der Waals surface area contributed by atoms with Gasteiger partial charge >= 0.3 is 0 Å². The lowest BCUT2D eigenvalue weighted by atomic mass is 9.97. The molecule has 9 heteroatoms. The van der Waals surface area contributed by atoms with Crippen molar-refractivity contribution >= 4 is 58.2 Å². The van der Waals surface area contributed by atoms with Gasteiger partial charge in [0, 0.05) is 35.1 Å². The zero-order chi connectivity index (χ0) is 25.3. The number of carbonyl (C=O) groups excluding carboxylic acids is 6. The number of hydrogen-bond acceptors (Lipinski definition) is 9. The molecule has 0 bridgehead atoms. The molecule has 180 valence electrons. The fourth-order valence-corrected chi connectivity index (χ4v) is 5.10. The number of rotatable bonds is 10. The molecule has 0 aromatic heterocycles. The van der Waals surface area contributed by atoms with Crippen LogP contribution in [0.4, 0.5) is 0 Å². The lowest BCUT2D eigenvalue weighted by molar-refractivity contribution is -0.120. The van der Waals surface area contributed by atoms with E-state index in [0.29, 0.717) is 11.5 Å². The van der Waals surface area contributed by atoms with Crippen LogP contribution in [0.5, 0.6) is 11.5 Å². The van der Waals surface area contributed by atoms with E-state index in [0.717, 1.165) is 0 Å². The molecule has 0 saturated heterocycles. The molecule has 0 heterocycles. The Bertz CT molecular complexity index is 1180. The number of hydrogen-bond donors (Lipinski definition) is 0. The van der Waals surface area contributed by atoms with Gasteiger partial charge in [-0.3, -0.25) is 28.8 Å². The number of thioether (sulfide) groups is 2. The van der Waals surface area contributed by atoms with E-state index in [9.17, 15) is 28.8 Å². The van der Waals surface area contributed by atoms with Gasteiger partial charge in [-0.2, -0.15) is 23.5 Å². The van der Waals surface area contributed by atoms with Gasteiger partial charge in [-0.05, 0) is 60.4 Å². The minimum atomic E-state index is -1.31. The van der Waals surface area contributed by atoms with Crippen molar-refractivity contribution in [2.75, 3.05) is 24.0 Å². The molecule has 7 nitrogen and oxygen atoms in total. The first-order valence-electron chi connectivity index (χ1n) is 10.9. The standard InChI is InChI=1S/C26H22O7S2/c1-34-9-7-19(27)21-23(29)15-5-3-13(11-17(15)25(21)31)33-14-4-6-16-18(12-14)26(32)22(24(16)30)20(28)8-10-35-2/h3-6,11-12,21-22H,7-10H2,1-2H3. The van der Waals surface area contributed by atoms with Crippen LogP contribution in [-0.2, 0) is 9.59 Å². The second-order valence-electron chi connectivity index (χ2n) is 8.26. The predicted octanol–water partition coefficient (Wildman–Crippen LogP) is 4.11. The molecule has 0 saturated carbocycles. The van der Waals surface area contributed by atoms with Crippen LogP contribution in [0.3, 0.4) is 0 Å². The minimum Gasteiger partial charge on any atom is -0.457 e. The average molecular weight is 511 g/mol. The first kappa shape index (κ1) is 25.1. The molecule has 0 radical (unpaired) electrons. The van der Waals surface area contributed by atoms with Gasteiger partial charge in [-0.25, -0.2) is 0 Å². The Morgan fingerprint density at radius 2 is 1.03 bits per heavy atom. The van der Waals surface area contributed by atoms with Crippen LogP contribution in [0.15, 0.2) is 36.4 Å². The molecule has 0 spiro atoms. The van der Waals surface area contributed by atoms with Crippen LogP contribution in [-0.4, -0.2) is 58.7 Å². The Morgan fingerprint density at radius 1 is 0.657 bits per heavy atom. The highest BCUT2D eigenvalue weighted by Crippen LogP contribution is 2.35. The van der Waals surface area contributed by atoms with Crippen molar-refractivity contribution in [1.82, 2.24) is 0 Å². The van der Waals surface area contributed by atoms with Gasteiger partial charge in [-0.15, -0.1) is 0 Å². The maximum Gasteiger partial charge on any atom is 0.182 e. The minimum absolute atomic E-state index is 0.127. The third-order valence-corrected chi connectivity index (χ3v) is 7.30. The summed E-state index contributed by atoms with van der Waals surface area (Å²) in [5.74, 6) is -3.93. The predicted molar refractivity (Wildman–Crippen MR) is 133 cm³/mol. The number of fused-ring (bicyclic) bond motifs is 2. The van der Waals surface area contributed by atoms with E-state index < -0.39 is 46.5 Å². The normalized spacial score (nSPS) is 18.6. The van der Waals surface area contributed by atoms with E-state index >= 15 is 0 Å². The van der Waals surface area contributed by atoms with E-state index in [2.05, 4.69) is 0 Å². The third kappa shape index (κ3) is 4.62. The molecule has 0 amide bonds. The number of carbonyl (C=O) groups is 6. The molecule has 2 aromatic carbocycles. The molecule has 2 unspecified atom stereocenters. The van der Waals surface area contributed by atoms with Crippen LogP contribution in [0.2, 0.25) is 0 Å². The summed E-state index contributed by atoms with van der Waals surface area (Å²) in [5.41, 5.74) is 0.626. The smallest absolute Gasteiger partial charge is 0.182 e. The molecule has 0 N–H and O–H groups in total. The van der Waals surface area contributed by atoms with Gasteiger partial charge < -0.3 is 4.74 Å². The first-order valence-corrected chi connectivity index (χ1v) is 13.7. The summed E-state index contributed by atoms with van der Waals surface area (Å²) < 4.78 is 5.81. The highest BCUT2D eigenvalue weighted by Gasteiger charge is 2.44. The lowest BCUT2D eigenvalue weighted by Crippen LogP contribution is -2.25. The maximum absolute atomic E-state index is 12.8. The molecule has 2 aromatic rings. The number of ether oxygens (including phenoxy) is 1. The number of ketones is 6. The van der Waals surface area contributed by atoms with E-state index in [-0.39, 0.29) is 46.6 Å². The van der Waals surface area contributed by atoms with Crippen LogP contribution >= 0.6 is 23.5 Å². The summed E-state index contributed by atoms with van der Waals surface area (Å²) in [5, 5.41) is 0. The van der Waals surface area contributed by atoms with Gasteiger partial charge in [0.2, 0.25) is 0 Å². The molecule has 2 aliphatic rings. The summed E-state index contributed by atoms with van der Waals surface area (Å²) in [6.07, 6.45) is 3.97. The molecule has 2 aliphatic carbocycles. The van der Waals surface area contributed by atoms with E-state index in [1.807, 2.05) is 12.5 Å². The Labute approximate surface area is 210 Å². The SMILES string of the molecule is CSCCC(=O)C1C(=O)c2ccc(Oc3ccc4c(c3)C(=O)C(C(=O)CCSC)C4=O)cc2C1=O. The topological polar surface area (TPSA) is 112 Å². The lowest BCUT2D eigenvalue weighted by Gasteiger charge is -2.08. The molecule has 35 heavy (non-hydrogen) atoms. The van der Waals surface area contributed by atoms with Gasteiger partial charge in [0.25, 0.3) is 0 Å². The summed E-state index contributed by atoms with van der Waals surface area (Å²) in [4.78, 5) is 75.7. The van der Waals surface area contributed by atoms with E-state index in [1.54, 1.807) is 0 Å². The van der Waals surface area contributed by atoms with Crippen molar-refractivity contribution < 1.29 is 33.5 Å². The largest absolute Gasteiger partial charge is 0.457 e. The number of Topliss-reactive ketones (excluding diaryl/α,β-unsaturated/α-hetero) is 6. The van der Waals surface area contributed by atoms with Crippen molar-refractivity contribution in [3.8, 4) is 11.5 Å². The Morgan fingerprint density at radius 3 is 1.40 bits per heavy atom. The quantitative estimate of drug-likeness (QED) is 0.436. The van der Waals surface area contributed by atoms with Crippen LogP contribution in [0, 0.1) is 11.8 Å². The van der Waals surface area contributed by atoms with Crippen molar-refractivity contribution in [2.45, 2.75) is 12.8 Å². The van der Waals surface area contributed by atoms with Gasteiger partial charge in [0.05, 0.1) is 0 Å². The molecule has 0 fully saturated rings. The summed E-state index contributed by atoms with van der Waals surface area (Å²) >= 11 is 2.93. The maximum atomic E-state index is 12.8. The zero-order valence-electron chi connectivity index (χ0n) is 19.1. The van der Waals surface area contributed by atoms with E-state index in [1.165, 1.54) is 59.9 Å². The molecular formula is C26H22O7S2. The van der Waals surface area contributed by atoms with Crippen molar-refractivity contribution in [3.05, 3.63) is 58.7 Å². The van der Waals surface area contributed by atoms with Crippen molar-refractivity contribution in [3.63, 3.8) is 0 Å². The first-order chi connectivity index (χ1) is 16.8. The molecule has 2 atom stereocenters. The zero-order valence-corrected chi connectivity index (χ0v) is 20.8. The molecule has 0 aliphatic heterocycles. The second kappa shape index (κ2) is 10.3. The monoisotopic (exact) mass is 510 g/mol. The summed E-state index contributed by atoms with van der Waals surface area (Å²) in [7, 11) is 0.